The third-order valence-electron chi connectivity index (χ3n) is 3.32. The van der Waals surface area contributed by atoms with E-state index in [-0.39, 0.29) is 5.38 Å². The van der Waals surface area contributed by atoms with Crippen molar-refractivity contribution in [2.24, 2.45) is 17.8 Å². The van der Waals surface area contributed by atoms with Crippen LogP contribution in [0.5, 0.6) is 0 Å². The first kappa shape index (κ1) is 7.60. The topological polar surface area (TPSA) is 17.1 Å². The van der Waals surface area contributed by atoms with Crippen molar-refractivity contribution in [1.82, 2.24) is 0 Å². The molecule has 0 radical (unpaired) electrons. The number of carbonyl (C=O) groups is 1. The molecule has 0 aliphatic heterocycles. The van der Waals surface area contributed by atoms with Crippen LogP contribution in [-0.2, 0) is 4.79 Å². The third-order valence-corrected chi connectivity index (χ3v) is 3.86. The molecular weight excluding hydrogens is 160 g/mol. The van der Waals surface area contributed by atoms with E-state index in [1.807, 2.05) is 0 Å². The van der Waals surface area contributed by atoms with Crippen molar-refractivity contribution in [2.45, 2.75) is 31.6 Å². The van der Waals surface area contributed by atoms with Gasteiger partial charge in [0.25, 0.3) is 0 Å². The first-order chi connectivity index (χ1) is 5.24. The highest BCUT2D eigenvalue weighted by atomic mass is 35.5. The lowest BCUT2D eigenvalue weighted by atomic mass is 9.86. The van der Waals surface area contributed by atoms with Crippen LogP contribution in [0.3, 0.4) is 0 Å². The number of fused-ring (bicyclic) bond motifs is 2. The summed E-state index contributed by atoms with van der Waals surface area (Å²) < 4.78 is 0. The van der Waals surface area contributed by atoms with E-state index in [1.54, 1.807) is 0 Å². The molecule has 0 amide bonds. The minimum atomic E-state index is -0.140. The van der Waals surface area contributed by atoms with Gasteiger partial charge < -0.3 is 0 Å². The molecule has 2 fully saturated rings. The lowest BCUT2D eigenvalue weighted by molar-refractivity contribution is -0.122. The van der Waals surface area contributed by atoms with Crippen LogP contribution in [0.25, 0.3) is 0 Å². The van der Waals surface area contributed by atoms with Crippen molar-refractivity contribution >= 4 is 17.4 Å². The van der Waals surface area contributed by atoms with Crippen LogP contribution in [0.1, 0.15) is 26.2 Å². The van der Waals surface area contributed by atoms with Crippen LogP contribution in [0.4, 0.5) is 0 Å². The fraction of sp³-hybridized carbons (Fsp3) is 0.889. The van der Waals surface area contributed by atoms with Crippen molar-refractivity contribution in [2.75, 3.05) is 0 Å². The highest BCUT2D eigenvalue weighted by molar-refractivity contribution is 6.32. The zero-order valence-corrected chi connectivity index (χ0v) is 7.47. The number of Topliss-reactive ketones (excluding diaryl/α,β-unsaturated/α-hetero) is 1. The van der Waals surface area contributed by atoms with Gasteiger partial charge in [0.05, 0.1) is 5.38 Å². The maximum Gasteiger partial charge on any atom is 0.154 e. The number of alkyl halides is 1. The summed E-state index contributed by atoms with van der Waals surface area (Å²) >= 11 is 5.98. The van der Waals surface area contributed by atoms with Crippen LogP contribution in [0.15, 0.2) is 0 Å². The van der Waals surface area contributed by atoms with Crippen molar-refractivity contribution in [3.05, 3.63) is 0 Å². The number of hydrogen-bond acceptors (Lipinski definition) is 1. The normalized spacial score (nSPS) is 48.7. The van der Waals surface area contributed by atoms with Crippen molar-refractivity contribution in [3.63, 3.8) is 0 Å². The minimum absolute atomic E-state index is 0.140. The van der Waals surface area contributed by atoms with Gasteiger partial charge in [0, 0.05) is 5.92 Å². The van der Waals surface area contributed by atoms with Gasteiger partial charge in [0.1, 0.15) is 0 Å². The quantitative estimate of drug-likeness (QED) is 0.555. The molecule has 2 bridgehead atoms. The van der Waals surface area contributed by atoms with Crippen molar-refractivity contribution in [3.8, 4) is 0 Å². The third kappa shape index (κ3) is 0.936. The van der Waals surface area contributed by atoms with E-state index in [0.717, 1.165) is 18.8 Å². The van der Waals surface area contributed by atoms with E-state index in [9.17, 15) is 4.79 Å². The molecule has 2 saturated carbocycles. The summed E-state index contributed by atoms with van der Waals surface area (Å²) in [5.74, 6) is 1.90. The number of rotatable bonds is 1. The second-order valence-corrected chi connectivity index (χ2v) is 4.27. The molecule has 4 unspecified atom stereocenters. The summed E-state index contributed by atoms with van der Waals surface area (Å²) in [7, 11) is 0. The molecule has 0 N–H and O–H groups in total. The number of carbonyl (C=O) groups excluding carboxylic acids is 1. The van der Waals surface area contributed by atoms with Gasteiger partial charge in [-0.25, -0.2) is 0 Å². The second-order valence-electron chi connectivity index (χ2n) is 3.80. The molecule has 2 rings (SSSR count). The van der Waals surface area contributed by atoms with E-state index < -0.39 is 0 Å². The fourth-order valence-electron chi connectivity index (χ4n) is 2.65. The molecule has 1 nitrogen and oxygen atoms in total. The van der Waals surface area contributed by atoms with Crippen LogP contribution in [-0.4, -0.2) is 11.2 Å². The van der Waals surface area contributed by atoms with E-state index in [4.69, 9.17) is 11.6 Å². The zero-order valence-electron chi connectivity index (χ0n) is 6.72. The fourth-order valence-corrected chi connectivity index (χ4v) is 3.14. The van der Waals surface area contributed by atoms with E-state index >= 15 is 0 Å². The largest absolute Gasteiger partial charge is 0.298 e. The summed E-state index contributed by atoms with van der Waals surface area (Å²) in [6.45, 7) is 2.19. The van der Waals surface area contributed by atoms with Gasteiger partial charge in [-0.1, -0.05) is 13.3 Å². The molecule has 4 atom stereocenters. The molecule has 0 spiro atoms. The predicted molar refractivity (Wildman–Crippen MR) is 44.6 cm³/mol. The van der Waals surface area contributed by atoms with Crippen LogP contribution in [0, 0.1) is 17.8 Å². The maximum atomic E-state index is 11.3. The summed E-state index contributed by atoms with van der Waals surface area (Å²) in [6.07, 6.45) is 3.38. The first-order valence-corrected chi connectivity index (χ1v) is 4.85. The Hall–Kier alpha value is -0.0400. The summed E-state index contributed by atoms with van der Waals surface area (Å²) in [5, 5.41) is -0.140. The first-order valence-electron chi connectivity index (χ1n) is 4.41. The lowest BCUT2D eigenvalue weighted by Gasteiger charge is -2.22. The van der Waals surface area contributed by atoms with Crippen LogP contribution >= 0.6 is 11.6 Å². The van der Waals surface area contributed by atoms with E-state index in [2.05, 4.69) is 6.92 Å². The average molecular weight is 173 g/mol. The summed E-state index contributed by atoms with van der Waals surface area (Å²) in [5.41, 5.74) is 0. The molecule has 11 heavy (non-hydrogen) atoms. The minimum Gasteiger partial charge on any atom is -0.298 e. The predicted octanol–water partition coefficient (Wildman–Crippen LogP) is 2.23. The molecule has 2 heteroatoms. The Labute approximate surface area is 72.1 Å². The molecule has 0 heterocycles. The SMILES string of the molecule is CCC1CC2CC1C(Cl)C2=O. The Morgan fingerprint density at radius 1 is 1.55 bits per heavy atom. The van der Waals surface area contributed by atoms with Gasteiger partial charge >= 0.3 is 0 Å². The maximum absolute atomic E-state index is 11.3. The van der Waals surface area contributed by atoms with E-state index in [0.29, 0.717) is 17.6 Å². The standard InChI is InChI=1S/C9H13ClO/c1-2-5-3-6-4-7(5)8(10)9(6)11/h5-8H,2-4H2,1H3. The summed E-state index contributed by atoms with van der Waals surface area (Å²) in [4.78, 5) is 11.3. The van der Waals surface area contributed by atoms with E-state index in [1.165, 1.54) is 6.42 Å². The molecule has 0 aromatic rings. The molecule has 0 saturated heterocycles. The van der Waals surface area contributed by atoms with Gasteiger partial charge in [-0.2, -0.15) is 0 Å². The average Bonchev–Trinajstić information content (AvgIpc) is 2.53. The number of halogens is 1. The van der Waals surface area contributed by atoms with Crippen LogP contribution in [0.2, 0.25) is 0 Å². The monoisotopic (exact) mass is 172 g/mol. The molecule has 0 aromatic carbocycles. The number of ketones is 1. The Kier molecular flexibility index (Phi) is 1.71. The van der Waals surface area contributed by atoms with Gasteiger partial charge in [-0.05, 0) is 24.7 Å². The second kappa shape index (κ2) is 2.48. The van der Waals surface area contributed by atoms with Crippen molar-refractivity contribution < 1.29 is 4.79 Å². The zero-order chi connectivity index (χ0) is 8.01. The lowest BCUT2D eigenvalue weighted by Crippen LogP contribution is -2.28. The van der Waals surface area contributed by atoms with Crippen molar-refractivity contribution in [1.29, 1.82) is 0 Å². The Bertz CT molecular complexity index is 184. The molecule has 2 aliphatic rings. The highest BCUT2D eigenvalue weighted by Crippen LogP contribution is 2.49. The molecule has 2 aliphatic carbocycles. The Balaban J connectivity index is 2.16. The molecular formula is C9H13ClO. The van der Waals surface area contributed by atoms with Gasteiger partial charge in [0.2, 0.25) is 0 Å². The van der Waals surface area contributed by atoms with Crippen LogP contribution < -0.4 is 0 Å². The van der Waals surface area contributed by atoms with Gasteiger partial charge in [-0.15, -0.1) is 11.6 Å². The number of hydrogen-bond donors (Lipinski definition) is 0. The Morgan fingerprint density at radius 2 is 2.27 bits per heavy atom. The Morgan fingerprint density at radius 3 is 2.73 bits per heavy atom. The molecule has 0 aromatic heterocycles. The van der Waals surface area contributed by atoms with Gasteiger partial charge in [-0.3, -0.25) is 4.79 Å². The molecule has 62 valence electrons. The summed E-state index contributed by atoms with van der Waals surface area (Å²) in [6, 6.07) is 0. The smallest absolute Gasteiger partial charge is 0.154 e. The highest BCUT2D eigenvalue weighted by Gasteiger charge is 2.50. The van der Waals surface area contributed by atoms with Gasteiger partial charge in [0.15, 0.2) is 5.78 Å².